The molecule has 0 spiro atoms. The van der Waals surface area contributed by atoms with Crippen LogP contribution < -0.4 is 14.2 Å². The molecule has 0 aliphatic heterocycles. The number of benzene rings is 2. The molecule has 1 N–H and O–H groups in total. The zero-order chi connectivity index (χ0) is 22.7. The van der Waals surface area contributed by atoms with E-state index in [1.54, 1.807) is 56.5 Å². The number of nitrogens with one attached hydrogen (secondary N) is 1. The van der Waals surface area contributed by atoms with Crippen LogP contribution in [0.25, 0.3) is 5.82 Å². The maximum absolute atomic E-state index is 12.9. The zero-order valence-electron chi connectivity index (χ0n) is 17.8. The molecule has 0 fully saturated rings. The van der Waals surface area contributed by atoms with Crippen molar-refractivity contribution in [3.05, 3.63) is 84.2 Å². The lowest BCUT2D eigenvalue weighted by Crippen LogP contribution is -2.15. The van der Waals surface area contributed by atoms with Gasteiger partial charge in [-0.2, -0.15) is 0 Å². The zero-order valence-corrected chi connectivity index (χ0v) is 18.6. The second kappa shape index (κ2) is 8.72. The number of ether oxygens (including phenoxy) is 2. The third kappa shape index (κ3) is 4.42. The maximum Gasteiger partial charge on any atom is 0.262 e. The molecule has 0 aliphatic rings. The van der Waals surface area contributed by atoms with Crippen molar-refractivity contribution < 1.29 is 17.9 Å². The molecule has 0 unspecified atom stereocenters. The Bertz CT molecular complexity index is 1320. The molecule has 2 aromatic heterocycles. The van der Waals surface area contributed by atoms with Crippen LogP contribution >= 0.6 is 0 Å². The minimum atomic E-state index is -3.76. The molecule has 0 radical (unpaired) electrons. The van der Waals surface area contributed by atoms with Crippen molar-refractivity contribution in [3.63, 3.8) is 0 Å². The quantitative estimate of drug-likeness (QED) is 0.446. The van der Waals surface area contributed by atoms with E-state index in [1.165, 1.54) is 6.07 Å². The Hall–Kier alpha value is -3.85. The first-order valence-corrected chi connectivity index (χ1v) is 11.3. The van der Waals surface area contributed by atoms with Gasteiger partial charge in [0.2, 0.25) is 5.88 Å². The van der Waals surface area contributed by atoms with Crippen LogP contribution in [-0.2, 0) is 10.0 Å². The monoisotopic (exact) mass is 450 g/mol. The van der Waals surface area contributed by atoms with Gasteiger partial charge in [0.15, 0.2) is 5.82 Å². The summed E-state index contributed by atoms with van der Waals surface area (Å²) in [7, 11) is -2.21. The fourth-order valence-electron chi connectivity index (χ4n) is 3.20. The van der Waals surface area contributed by atoms with Crippen LogP contribution in [0, 0.1) is 13.8 Å². The van der Waals surface area contributed by atoms with E-state index in [2.05, 4.69) is 14.9 Å². The van der Waals surface area contributed by atoms with Crippen LogP contribution in [0.15, 0.2) is 78.0 Å². The van der Waals surface area contributed by atoms with Gasteiger partial charge in [0.05, 0.1) is 12.0 Å². The van der Waals surface area contributed by atoms with Crippen LogP contribution in [0.1, 0.15) is 11.1 Å². The molecule has 0 saturated carbocycles. The Morgan fingerprint density at radius 1 is 0.875 bits per heavy atom. The molecule has 0 bridgehead atoms. The van der Waals surface area contributed by atoms with Gasteiger partial charge in [-0.1, -0.05) is 0 Å². The van der Waals surface area contributed by atoms with E-state index in [-0.39, 0.29) is 4.90 Å². The molecule has 4 rings (SSSR count). The molecule has 0 atom stereocenters. The highest BCUT2D eigenvalue weighted by Crippen LogP contribution is 2.29. The predicted molar refractivity (Wildman–Crippen MR) is 121 cm³/mol. The first kappa shape index (κ1) is 21.4. The summed E-state index contributed by atoms with van der Waals surface area (Å²) in [6.07, 6.45) is 3.75. The van der Waals surface area contributed by atoms with Crippen molar-refractivity contribution in [1.82, 2.24) is 14.8 Å². The molecule has 2 heterocycles. The van der Waals surface area contributed by atoms with E-state index in [0.717, 1.165) is 5.56 Å². The summed E-state index contributed by atoms with van der Waals surface area (Å²) in [6.45, 7) is 3.58. The SMILES string of the molecule is COc1ccc(S(=O)(=O)Nc2ccc(Oc3ccc(-n4cccc4)nn3)cc2)c(C)c1C. The van der Waals surface area contributed by atoms with Gasteiger partial charge in [-0.05, 0) is 79.6 Å². The lowest BCUT2D eigenvalue weighted by Gasteiger charge is -2.14. The number of hydrogen-bond acceptors (Lipinski definition) is 6. The Balaban J connectivity index is 1.46. The normalized spacial score (nSPS) is 11.2. The second-order valence-corrected chi connectivity index (χ2v) is 8.72. The van der Waals surface area contributed by atoms with Crippen LogP contribution in [0.4, 0.5) is 5.69 Å². The molecular weight excluding hydrogens is 428 g/mol. The number of methoxy groups -OCH3 is 1. The van der Waals surface area contributed by atoms with Gasteiger partial charge in [-0.25, -0.2) is 8.42 Å². The summed E-state index contributed by atoms with van der Waals surface area (Å²) in [5, 5.41) is 8.20. The van der Waals surface area contributed by atoms with Crippen LogP contribution in [0.5, 0.6) is 17.4 Å². The lowest BCUT2D eigenvalue weighted by atomic mass is 10.1. The first-order valence-electron chi connectivity index (χ1n) is 9.79. The van der Waals surface area contributed by atoms with Crippen molar-refractivity contribution in [3.8, 4) is 23.2 Å². The third-order valence-electron chi connectivity index (χ3n) is 5.02. The summed E-state index contributed by atoms with van der Waals surface area (Å²) in [5.74, 6) is 2.16. The first-order chi connectivity index (χ1) is 15.4. The molecule has 2 aromatic carbocycles. The minimum absolute atomic E-state index is 0.203. The fraction of sp³-hybridized carbons (Fsp3) is 0.130. The Morgan fingerprint density at radius 3 is 2.22 bits per heavy atom. The number of hydrogen-bond donors (Lipinski definition) is 1. The van der Waals surface area contributed by atoms with Crippen LogP contribution in [-0.4, -0.2) is 30.3 Å². The highest BCUT2D eigenvalue weighted by molar-refractivity contribution is 7.92. The number of aromatic nitrogens is 3. The van der Waals surface area contributed by atoms with Gasteiger partial charge < -0.3 is 14.0 Å². The smallest absolute Gasteiger partial charge is 0.262 e. The molecule has 4 aromatic rings. The predicted octanol–water partition coefficient (Wildman–Crippen LogP) is 4.49. The standard InChI is InChI=1S/C23H22N4O4S/c1-16-17(2)21(11-10-20(16)30-3)32(28,29)26-18-6-8-19(9-7-18)31-23-13-12-22(24-25-23)27-14-4-5-15-27/h4-15,26H,1-3H3. The average Bonchev–Trinajstić information content (AvgIpc) is 3.32. The summed E-state index contributed by atoms with van der Waals surface area (Å²) in [4.78, 5) is 0.203. The number of rotatable bonds is 7. The van der Waals surface area contributed by atoms with Crippen LogP contribution in [0.3, 0.4) is 0 Å². The summed E-state index contributed by atoms with van der Waals surface area (Å²) < 4.78 is 41.2. The lowest BCUT2D eigenvalue weighted by molar-refractivity contribution is 0.410. The van der Waals surface area contributed by atoms with E-state index in [4.69, 9.17) is 9.47 Å². The molecule has 32 heavy (non-hydrogen) atoms. The fourth-order valence-corrected chi connectivity index (χ4v) is 4.56. The molecule has 0 amide bonds. The van der Waals surface area contributed by atoms with Gasteiger partial charge in [-0.3, -0.25) is 4.72 Å². The van der Waals surface area contributed by atoms with Crippen LogP contribution in [0.2, 0.25) is 0 Å². The van der Waals surface area contributed by atoms with Gasteiger partial charge in [-0.15, -0.1) is 10.2 Å². The summed E-state index contributed by atoms with van der Waals surface area (Å²) in [5.41, 5.74) is 1.83. The Morgan fingerprint density at radius 2 is 1.59 bits per heavy atom. The van der Waals surface area contributed by atoms with E-state index in [1.807, 2.05) is 36.0 Å². The number of sulfonamides is 1. The average molecular weight is 451 g/mol. The third-order valence-corrected chi connectivity index (χ3v) is 6.55. The van der Waals surface area contributed by atoms with Gasteiger partial charge in [0.1, 0.15) is 11.5 Å². The Kier molecular flexibility index (Phi) is 5.83. The van der Waals surface area contributed by atoms with Gasteiger partial charge in [0.25, 0.3) is 10.0 Å². The second-order valence-electron chi connectivity index (χ2n) is 7.07. The molecule has 9 heteroatoms. The van der Waals surface area contributed by atoms with Gasteiger partial charge in [0, 0.05) is 24.1 Å². The highest BCUT2D eigenvalue weighted by Gasteiger charge is 2.19. The highest BCUT2D eigenvalue weighted by atomic mass is 32.2. The summed E-state index contributed by atoms with van der Waals surface area (Å²) >= 11 is 0. The van der Waals surface area contributed by atoms with Crippen molar-refractivity contribution in [2.45, 2.75) is 18.7 Å². The largest absolute Gasteiger partial charge is 0.496 e. The van der Waals surface area contributed by atoms with Crippen molar-refractivity contribution in [2.24, 2.45) is 0 Å². The summed E-state index contributed by atoms with van der Waals surface area (Å²) in [6, 6.07) is 17.1. The molecule has 0 saturated heterocycles. The van der Waals surface area contributed by atoms with E-state index in [9.17, 15) is 8.42 Å². The van der Waals surface area contributed by atoms with Crippen molar-refractivity contribution >= 4 is 15.7 Å². The number of nitrogens with zero attached hydrogens (tertiary/aromatic N) is 3. The topological polar surface area (TPSA) is 95.3 Å². The molecular formula is C23H22N4O4S. The van der Waals surface area contributed by atoms with Crippen molar-refractivity contribution in [1.29, 1.82) is 0 Å². The maximum atomic E-state index is 12.9. The van der Waals surface area contributed by atoms with Crippen molar-refractivity contribution in [2.75, 3.05) is 11.8 Å². The van der Waals surface area contributed by atoms with E-state index in [0.29, 0.717) is 34.4 Å². The molecule has 164 valence electrons. The molecule has 8 nitrogen and oxygen atoms in total. The molecule has 0 aliphatic carbocycles. The van der Waals surface area contributed by atoms with Gasteiger partial charge >= 0.3 is 0 Å². The van der Waals surface area contributed by atoms with E-state index < -0.39 is 10.0 Å². The number of anilines is 1. The van der Waals surface area contributed by atoms with E-state index >= 15 is 0 Å². The Labute approximate surface area is 186 Å². The minimum Gasteiger partial charge on any atom is -0.496 e.